The highest BCUT2D eigenvalue weighted by atomic mass is 79.9. The Labute approximate surface area is 166 Å². The maximum absolute atomic E-state index is 11.8. The summed E-state index contributed by atoms with van der Waals surface area (Å²) < 4.78 is 11.3. The lowest BCUT2D eigenvalue weighted by atomic mass is 10.2. The van der Waals surface area contributed by atoms with Gasteiger partial charge >= 0.3 is 0 Å². The highest BCUT2D eigenvalue weighted by Crippen LogP contribution is 2.40. The Morgan fingerprint density at radius 2 is 1.85 bits per heavy atom. The van der Waals surface area contributed by atoms with E-state index in [0.717, 1.165) is 0 Å². The predicted octanol–water partition coefficient (Wildman–Crippen LogP) is 3.55. The van der Waals surface area contributed by atoms with Crippen LogP contribution in [0, 0.1) is 0 Å². The first-order valence-electron chi connectivity index (χ1n) is 7.50. The number of ether oxygens (including phenoxy) is 2. The highest BCUT2D eigenvalue weighted by Gasteiger charge is 2.13. The van der Waals surface area contributed by atoms with Crippen molar-refractivity contribution in [3.63, 3.8) is 0 Å². The number of nitrogens with one attached hydrogen (secondary N) is 1. The summed E-state index contributed by atoms with van der Waals surface area (Å²) in [6.07, 6.45) is 1.25. The van der Waals surface area contributed by atoms with E-state index in [9.17, 15) is 15.0 Å². The van der Waals surface area contributed by atoms with Crippen LogP contribution in [0.25, 0.3) is 0 Å². The third-order valence-electron chi connectivity index (χ3n) is 3.10. The van der Waals surface area contributed by atoms with Gasteiger partial charge in [-0.25, -0.2) is 5.43 Å². The molecular formula is C17H16Br2N2O5. The fraction of sp³-hybridized carbons (Fsp3) is 0.176. The van der Waals surface area contributed by atoms with Crippen molar-refractivity contribution in [2.75, 3.05) is 13.2 Å². The Hall–Kier alpha value is -2.26. The summed E-state index contributed by atoms with van der Waals surface area (Å²) in [7, 11) is 0. The number of hydrazone groups is 1. The first kappa shape index (κ1) is 20.1. The molecule has 0 saturated heterocycles. The molecule has 0 saturated carbocycles. The molecule has 0 unspecified atom stereocenters. The van der Waals surface area contributed by atoms with Crippen LogP contribution in [0.5, 0.6) is 23.0 Å². The molecule has 0 aliphatic carbocycles. The number of hydrogen-bond donors (Lipinski definition) is 3. The minimum atomic E-state index is -0.482. The van der Waals surface area contributed by atoms with Crippen molar-refractivity contribution in [3.8, 4) is 23.0 Å². The molecule has 2 rings (SSSR count). The van der Waals surface area contributed by atoms with Gasteiger partial charge in [0.2, 0.25) is 0 Å². The Balaban J connectivity index is 1.95. The van der Waals surface area contributed by atoms with Gasteiger partial charge in [-0.1, -0.05) is 12.1 Å². The number of phenols is 2. The van der Waals surface area contributed by atoms with Crippen LogP contribution in [0.3, 0.4) is 0 Å². The largest absolute Gasteiger partial charge is 0.506 e. The molecular weight excluding hydrogens is 472 g/mol. The van der Waals surface area contributed by atoms with E-state index in [1.54, 1.807) is 18.2 Å². The van der Waals surface area contributed by atoms with Gasteiger partial charge in [-0.2, -0.15) is 5.10 Å². The second-order valence-electron chi connectivity index (χ2n) is 4.92. The van der Waals surface area contributed by atoms with Crippen molar-refractivity contribution >= 4 is 44.0 Å². The van der Waals surface area contributed by atoms with Gasteiger partial charge in [0.25, 0.3) is 5.91 Å². The molecule has 2 aromatic rings. The van der Waals surface area contributed by atoms with Crippen LogP contribution >= 0.6 is 31.9 Å². The van der Waals surface area contributed by atoms with Crippen molar-refractivity contribution in [3.05, 3.63) is 44.8 Å². The highest BCUT2D eigenvalue weighted by molar-refractivity contribution is 9.11. The monoisotopic (exact) mass is 486 g/mol. The van der Waals surface area contributed by atoms with Gasteiger partial charge in [0.1, 0.15) is 16.0 Å². The first-order valence-corrected chi connectivity index (χ1v) is 9.09. The first-order chi connectivity index (χ1) is 12.4. The van der Waals surface area contributed by atoms with Crippen LogP contribution in [0.1, 0.15) is 12.5 Å². The van der Waals surface area contributed by atoms with Crippen LogP contribution in [-0.2, 0) is 4.79 Å². The third kappa shape index (κ3) is 5.12. The second-order valence-corrected chi connectivity index (χ2v) is 6.57. The number of amides is 1. The third-order valence-corrected chi connectivity index (χ3v) is 4.45. The number of carbonyl (C=O) groups excluding carboxylic acids is 1. The topological polar surface area (TPSA) is 100 Å². The maximum Gasteiger partial charge on any atom is 0.277 e. The molecule has 0 aliphatic heterocycles. The molecule has 3 N–H and O–H groups in total. The number of hydrogen-bond acceptors (Lipinski definition) is 6. The summed E-state index contributed by atoms with van der Waals surface area (Å²) in [5.41, 5.74) is 2.59. The summed E-state index contributed by atoms with van der Waals surface area (Å²) >= 11 is 6.21. The fourth-order valence-electron chi connectivity index (χ4n) is 1.91. The van der Waals surface area contributed by atoms with Crippen molar-refractivity contribution in [2.24, 2.45) is 5.10 Å². The van der Waals surface area contributed by atoms with Crippen molar-refractivity contribution in [1.29, 1.82) is 0 Å². The molecule has 1 amide bonds. The molecule has 26 heavy (non-hydrogen) atoms. The Morgan fingerprint density at radius 3 is 2.50 bits per heavy atom. The van der Waals surface area contributed by atoms with E-state index in [2.05, 4.69) is 42.4 Å². The predicted molar refractivity (Wildman–Crippen MR) is 104 cm³/mol. The Bertz CT molecular complexity index is 827. The lowest BCUT2D eigenvalue weighted by molar-refractivity contribution is -0.123. The standard InChI is InChI=1S/C17H16Br2N2O5/c1-2-25-12-5-3-4-6-13(12)26-9-14(22)21-20-8-10-7-11(18)17(24)15(19)16(10)23/h3-8,23-24H,2,9H2,1H3,(H,21,22)/b20-8-. The SMILES string of the molecule is CCOc1ccccc1OCC(=O)N/N=C\c1cc(Br)c(O)c(Br)c1O. The lowest BCUT2D eigenvalue weighted by Crippen LogP contribution is -2.24. The molecule has 0 fully saturated rings. The van der Waals surface area contributed by atoms with Crippen molar-refractivity contribution in [2.45, 2.75) is 6.92 Å². The van der Waals surface area contributed by atoms with Crippen LogP contribution in [0.15, 0.2) is 44.4 Å². The molecule has 9 heteroatoms. The quantitative estimate of drug-likeness (QED) is 0.409. The van der Waals surface area contributed by atoms with Gasteiger partial charge in [-0.05, 0) is 57.0 Å². The van der Waals surface area contributed by atoms with E-state index in [1.807, 2.05) is 13.0 Å². The van der Waals surface area contributed by atoms with E-state index in [0.29, 0.717) is 28.1 Å². The minimum Gasteiger partial charge on any atom is -0.506 e. The zero-order valence-electron chi connectivity index (χ0n) is 13.7. The number of carbonyl (C=O) groups is 1. The molecule has 7 nitrogen and oxygen atoms in total. The molecule has 0 radical (unpaired) electrons. The van der Waals surface area contributed by atoms with Crippen LogP contribution in [0.2, 0.25) is 0 Å². The molecule has 0 aromatic heterocycles. The van der Waals surface area contributed by atoms with Crippen molar-refractivity contribution < 1.29 is 24.5 Å². The molecule has 0 bridgehead atoms. The zero-order chi connectivity index (χ0) is 19.1. The normalized spacial score (nSPS) is 10.7. The van der Waals surface area contributed by atoms with E-state index in [1.165, 1.54) is 12.3 Å². The van der Waals surface area contributed by atoms with E-state index in [-0.39, 0.29) is 22.6 Å². The van der Waals surface area contributed by atoms with E-state index < -0.39 is 5.91 Å². The number of phenolic OH excluding ortho intramolecular Hbond substituents is 2. The van der Waals surface area contributed by atoms with Crippen LogP contribution in [-0.4, -0.2) is 35.5 Å². The smallest absolute Gasteiger partial charge is 0.277 e. The van der Waals surface area contributed by atoms with Crippen LogP contribution in [0.4, 0.5) is 0 Å². The van der Waals surface area contributed by atoms with Gasteiger partial charge in [-0.15, -0.1) is 0 Å². The van der Waals surface area contributed by atoms with Gasteiger partial charge < -0.3 is 19.7 Å². The van der Waals surface area contributed by atoms with Gasteiger partial charge in [0.05, 0.1) is 17.3 Å². The van der Waals surface area contributed by atoms with Gasteiger partial charge in [0.15, 0.2) is 18.1 Å². The van der Waals surface area contributed by atoms with E-state index in [4.69, 9.17) is 9.47 Å². The number of halogens is 2. The molecule has 0 aliphatic rings. The summed E-state index contributed by atoms with van der Waals surface area (Å²) in [6, 6.07) is 8.49. The zero-order valence-corrected chi connectivity index (χ0v) is 16.9. The maximum atomic E-state index is 11.8. The van der Waals surface area contributed by atoms with E-state index >= 15 is 0 Å². The Kier molecular flexibility index (Phi) is 7.28. The summed E-state index contributed by atoms with van der Waals surface area (Å²) in [6.45, 7) is 2.09. The Morgan fingerprint density at radius 1 is 1.19 bits per heavy atom. The average molecular weight is 488 g/mol. The number of rotatable bonds is 7. The number of nitrogens with zero attached hydrogens (tertiary/aromatic N) is 1. The minimum absolute atomic E-state index is 0.121. The molecule has 0 heterocycles. The molecule has 2 aromatic carbocycles. The summed E-state index contributed by atoms with van der Waals surface area (Å²) in [5.74, 6) is 0.187. The van der Waals surface area contributed by atoms with Crippen LogP contribution < -0.4 is 14.9 Å². The average Bonchev–Trinajstić information content (AvgIpc) is 2.63. The second kappa shape index (κ2) is 9.44. The summed E-state index contributed by atoms with van der Waals surface area (Å²) in [4.78, 5) is 11.8. The summed E-state index contributed by atoms with van der Waals surface area (Å²) in [5, 5.41) is 23.4. The molecule has 0 atom stereocenters. The van der Waals surface area contributed by atoms with Crippen molar-refractivity contribution in [1.82, 2.24) is 5.43 Å². The molecule has 0 spiro atoms. The lowest BCUT2D eigenvalue weighted by Gasteiger charge is -2.10. The van der Waals surface area contributed by atoms with Gasteiger partial charge in [0, 0.05) is 5.56 Å². The number of benzene rings is 2. The number of aromatic hydroxyl groups is 2. The number of para-hydroxylation sites is 2. The van der Waals surface area contributed by atoms with Gasteiger partial charge in [-0.3, -0.25) is 4.79 Å². The fourth-order valence-corrected chi connectivity index (χ4v) is 3.06. The molecule has 138 valence electrons.